The molecule has 1 aliphatic rings. The standard InChI is InChI=1S/C20H30O5/c1-11(2)7-9-14-18(23)16(17(22)13(5)6)19(24)20(14,25)15(21)10-8-12(3)4/h7-8,13-16,21,25H,9-10H2,1-6H3/t14?,15-,16?,20-/m0/s1. The second-order valence-electron chi connectivity index (χ2n) is 7.68. The third-order valence-electron chi connectivity index (χ3n) is 4.69. The molecule has 1 aliphatic carbocycles. The molecule has 140 valence electrons. The summed E-state index contributed by atoms with van der Waals surface area (Å²) >= 11 is 0. The van der Waals surface area contributed by atoms with Gasteiger partial charge in [0.1, 0.15) is 5.92 Å². The van der Waals surface area contributed by atoms with Crippen molar-refractivity contribution in [2.75, 3.05) is 0 Å². The van der Waals surface area contributed by atoms with Crippen LogP contribution in [-0.4, -0.2) is 39.3 Å². The average Bonchev–Trinajstić information content (AvgIpc) is 2.69. The minimum atomic E-state index is -2.23. The first-order valence-corrected chi connectivity index (χ1v) is 8.73. The molecule has 0 heterocycles. The molecule has 4 atom stereocenters. The van der Waals surface area contributed by atoms with Crippen molar-refractivity contribution in [3.63, 3.8) is 0 Å². The van der Waals surface area contributed by atoms with Crippen LogP contribution in [0.25, 0.3) is 0 Å². The highest BCUT2D eigenvalue weighted by Crippen LogP contribution is 2.41. The third-order valence-corrected chi connectivity index (χ3v) is 4.69. The molecular weight excluding hydrogens is 320 g/mol. The molecular formula is C20H30O5. The van der Waals surface area contributed by atoms with Crippen molar-refractivity contribution >= 4 is 17.3 Å². The van der Waals surface area contributed by atoms with Gasteiger partial charge in [-0.15, -0.1) is 0 Å². The van der Waals surface area contributed by atoms with E-state index in [0.29, 0.717) is 0 Å². The number of ketones is 3. The van der Waals surface area contributed by atoms with Crippen LogP contribution in [0.2, 0.25) is 0 Å². The van der Waals surface area contributed by atoms with Gasteiger partial charge < -0.3 is 10.2 Å². The number of carbonyl (C=O) groups excluding carboxylic acids is 3. The van der Waals surface area contributed by atoms with E-state index >= 15 is 0 Å². The van der Waals surface area contributed by atoms with Crippen LogP contribution in [0.5, 0.6) is 0 Å². The molecule has 0 aromatic rings. The molecule has 0 bridgehead atoms. The fourth-order valence-electron chi connectivity index (χ4n) is 3.13. The highest BCUT2D eigenvalue weighted by atomic mass is 16.4. The molecule has 0 amide bonds. The monoisotopic (exact) mass is 350 g/mol. The number of carbonyl (C=O) groups is 3. The first kappa shape index (κ1) is 21.5. The summed E-state index contributed by atoms with van der Waals surface area (Å²) in [6, 6.07) is 0. The van der Waals surface area contributed by atoms with Gasteiger partial charge in [-0.3, -0.25) is 14.4 Å². The van der Waals surface area contributed by atoms with Crippen molar-refractivity contribution in [3.05, 3.63) is 23.3 Å². The van der Waals surface area contributed by atoms with Crippen molar-refractivity contribution in [2.45, 2.75) is 66.1 Å². The zero-order valence-electron chi connectivity index (χ0n) is 16.0. The molecule has 25 heavy (non-hydrogen) atoms. The molecule has 0 aromatic heterocycles. The van der Waals surface area contributed by atoms with E-state index in [4.69, 9.17) is 0 Å². The molecule has 1 rings (SSSR count). The molecule has 2 N–H and O–H groups in total. The minimum absolute atomic E-state index is 0.0474. The summed E-state index contributed by atoms with van der Waals surface area (Å²) in [4.78, 5) is 38.0. The summed E-state index contributed by atoms with van der Waals surface area (Å²) in [5.74, 6) is -5.04. The Bertz CT molecular complexity index is 606. The number of aliphatic hydroxyl groups excluding tert-OH is 1. The SMILES string of the molecule is CC(C)=CCC1C(=O)C(C(=O)C(C)C)C(=O)[C@@]1(O)[C@@H](O)CC=C(C)C. The van der Waals surface area contributed by atoms with Gasteiger partial charge in [-0.05, 0) is 40.5 Å². The lowest BCUT2D eigenvalue weighted by Crippen LogP contribution is -2.52. The molecule has 0 radical (unpaired) electrons. The molecule has 5 nitrogen and oxygen atoms in total. The van der Waals surface area contributed by atoms with Gasteiger partial charge in [0, 0.05) is 5.92 Å². The van der Waals surface area contributed by atoms with E-state index in [-0.39, 0.29) is 12.8 Å². The Balaban J connectivity index is 3.34. The number of allylic oxidation sites excluding steroid dienone is 3. The molecule has 1 saturated carbocycles. The highest BCUT2D eigenvalue weighted by Gasteiger charge is 2.63. The van der Waals surface area contributed by atoms with Crippen LogP contribution in [0, 0.1) is 17.8 Å². The average molecular weight is 350 g/mol. The zero-order valence-corrected chi connectivity index (χ0v) is 16.0. The Morgan fingerprint density at radius 2 is 1.64 bits per heavy atom. The third kappa shape index (κ3) is 4.33. The van der Waals surface area contributed by atoms with Gasteiger partial charge in [-0.1, -0.05) is 37.1 Å². The summed E-state index contributed by atoms with van der Waals surface area (Å²) in [5.41, 5.74) is -0.375. The van der Waals surface area contributed by atoms with Crippen LogP contribution in [-0.2, 0) is 14.4 Å². The summed E-state index contributed by atoms with van der Waals surface area (Å²) in [5, 5.41) is 21.6. The van der Waals surface area contributed by atoms with Crippen LogP contribution in [0.15, 0.2) is 23.3 Å². The van der Waals surface area contributed by atoms with Crippen LogP contribution in [0.1, 0.15) is 54.4 Å². The van der Waals surface area contributed by atoms with Crippen LogP contribution in [0.3, 0.4) is 0 Å². The van der Waals surface area contributed by atoms with E-state index in [1.165, 1.54) is 0 Å². The summed E-state index contributed by atoms with van der Waals surface area (Å²) in [6.07, 6.45) is 2.19. The second kappa shape index (κ2) is 8.19. The van der Waals surface area contributed by atoms with Gasteiger partial charge in [0.05, 0.1) is 12.0 Å². The summed E-state index contributed by atoms with van der Waals surface area (Å²) in [7, 11) is 0. The van der Waals surface area contributed by atoms with Crippen molar-refractivity contribution in [2.24, 2.45) is 17.8 Å². The number of hydrogen-bond acceptors (Lipinski definition) is 5. The number of Topliss-reactive ketones (excluding diaryl/α,β-unsaturated/α-hetero) is 3. The number of aliphatic hydroxyl groups is 2. The molecule has 5 heteroatoms. The highest BCUT2D eigenvalue weighted by molar-refractivity contribution is 6.27. The van der Waals surface area contributed by atoms with Crippen molar-refractivity contribution in [3.8, 4) is 0 Å². The summed E-state index contributed by atoms with van der Waals surface area (Å²) in [6.45, 7) is 10.6. The molecule has 1 fully saturated rings. The predicted octanol–water partition coefficient (Wildman–Crippen LogP) is 2.40. The molecule has 2 unspecified atom stereocenters. The number of rotatable bonds is 7. The Hall–Kier alpha value is -1.59. The molecule has 0 saturated heterocycles. The van der Waals surface area contributed by atoms with Crippen molar-refractivity contribution in [1.29, 1.82) is 0 Å². The Morgan fingerprint density at radius 1 is 1.12 bits per heavy atom. The van der Waals surface area contributed by atoms with Gasteiger partial charge in [-0.25, -0.2) is 0 Å². The quantitative estimate of drug-likeness (QED) is 0.543. The van der Waals surface area contributed by atoms with Gasteiger partial charge in [0.2, 0.25) is 0 Å². The maximum Gasteiger partial charge on any atom is 0.185 e. The van der Waals surface area contributed by atoms with Crippen LogP contribution < -0.4 is 0 Å². The first-order valence-electron chi connectivity index (χ1n) is 8.73. The minimum Gasteiger partial charge on any atom is -0.389 e. The lowest BCUT2D eigenvalue weighted by atomic mass is 9.80. The Labute approximate surface area is 149 Å². The smallest absolute Gasteiger partial charge is 0.185 e. The zero-order chi connectivity index (χ0) is 19.5. The van der Waals surface area contributed by atoms with E-state index in [2.05, 4.69) is 0 Å². The Kier molecular flexibility index (Phi) is 7.03. The Morgan fingerprint density at radius 3 is 2.08 bits per heavy atom. The van der Waals surface area contributed by atoms with Gasteiger partial charge in [0.15, 0.2) is 23.0 Å². The lowest BCUT2D eigenvalue weighted by Gasteiger charge is -2.31. The van der Waals surface area contributed by atoms with E-state index in [0.717, 1.165) is 11.1 Å². The predicted molar refractivity (Wildman–Crippen MR) is 95.9 cm³/mol. The van der Waals surface area contributed by atoms with Gasteiger partial charge in [-0.2, -0.15) is 0 Å². The second-order valence-corrected chi connectivity index (χ2v) is 7.68. The molecule has 0 spiro atoms. The number of hydrogen-bond donors (Lipinski definition) is 2. The van der Waals surface area contributed by atoms with Crippen molar-refractivity contribution in [1.82, 2.24) is 0 Å². The fourth-order valence-corrected chi connectivity index (χ4v) is 3.13. The van der Waals surface area contributed by atoms with Crippen molar-refractivity contribution < 1.29 is 24.6 Å². The first-order chi connectivity index (χ1) is 11.4. The lowest BCUT2D eigenvalue weighted by molar-refractivity contribution is -0.155. The fraction of sp³-hybridized carbons (Fsp3) is 0.650. The maximum absolute atomic E-state index is 12.8. The van der Waals surface area contributed by atoms with Crippen LogP contribution >= 0.6 is 0 Å². The largest absolute Gasteiger partial charge is 0.389 e. The van der Waals surface area contributed by atoms with E-state index in [1.54, 1.807) is 26.0 Å². The van der Waals surface area contributed by atoms with E-state index in [1.807, 2.05) is 27.7 Å². The van der Waals surface area contributed by atoms with Gasteiger partial charge in [0.25, 0.3) is 0 Å². The van der Waals surface area contributed by atoms with Gasteiger partial charge >= 0.3 is 0 Å². The van der Waals surface area contributed by atoms with E-state index in [9.17, 15) is 24.6 Å². The van der Waals surface area contributed by atoms with Crippen LogP contribution in [0.4, 0.5) is 0 Å². The normalized spacial score (nSPS) is 27.4. The van der Waals surface area contributed by atoms with E-state index < -0.39 is 46.8 Å². The maximum atomic E-state index is 12.8. The topological polar surface area (TPSA) is 91.7 Å². The summed E-state index contributed by atoms with van der Waals surface area (Å²) < 4.78 is 0. The molecule has 0 aromatic carbocycles. The molecule has 0 aliphatic heterocycles.